The summed E-state index contributed by atoms with van der Waals surface area (Å²) in [6.07, 6.45) is 2.45. The highest BCUT2D eigenvalue weighted by atomic mass is 35.5. The first-order valence-corrected chi connectivity index (χ1v) is 8.70. The number of rotatable bonds is 7. The molecule has 5 nitrogen and oxygen atoms in total. The lowest BCUT2D eigenvalue weighted by atomic mass is 10.2. The monoisotopic (exact) mass is 351 g/mol. The fourth-order valence-electron chi connectivity index (χ4n) is 1.81. The van der Waals surface area contributed by atoms with Crippen LogP contribution in [0.5, 0.6) is 5.75 Å². The number of carbonyl (C=O) groups is 1. The molecule has 0 atom stereocenters. The van der Waals surface area contributed by atoms with Gasteiger partial charge in [-0.1, -0.05) is 42.4 Å². The summed E-state index contributed by atoms with van der Waals surface area (Å²) in [5, 5.41) is 3.55. The van der Waals surface area contributed by atoms with Crippen LogP contribution in [-0.4, -0.2) is 28.2 Å². The van der Waals surface area contributed by atoms with Gasteiger partial charge in [0.2, 0.25) is 0 Å². The lowest BCUT2D eigenvalue weighted by Gasteiger charge is -2.11. The van der Waals surface area contributed by atoms with Crippen molar-refractivity contribution >= 4 is 35.0 Å². The summed E-state index contributed by atoms with van der Waals surface area (Å²) in [5.41, 5.74) is 0.739. The third-order valence-electron chi connectivity index (χ3n) is 2.81. The van der Waals surface area contributed by atoms with E-state index < -0.39 is 0 Å². The molecule has 0 aliphatic rings. The average molecular weight is 352 g/mol. The zero-order valence-corrected chi connectivity index (χ0v) is 14.6. The van der Waals surface area contributed by atoms with Crippen LogP contribution in [0.2, 0.25) is 5.02 Å². The Balaban J connectivity index is 2.20. The number of nitrogens with zero attached hydrogens (tertiary/aromatic N) is 2. The molecule has 2 rings (SSSR count). The van der Waals surface area contributed by atoms with Crippen molar-refractivity contribution in [1.82, 2.24) is 9.97 Å². The average Bonchev–Trinajstić information content (AvgIpc) is 2.56. The second kappa shape index (κ2) is 8.74. The highest BCUT2D eigenvalue weighted by molar-refractivity contribution is 7.99. The molecule has 0 spiro atoms. The zero-order valence-electron chi connectivity index (χ0n) is 13.0. The molecule has 0 unspecified atom stereocenters. The number of anilines is 1. The van der Waals surface area contributed by atoms with Gasteiger partial charge >= 0.3 is 0 Å². The highest BCUT2D eigenvalue weighted by Crippen LogP contribution is 2.25. The SMILES string of the molecule is CCCSc1ncc(Cl)c(C(=O)Nc2ccccc2OCC)n1. The van der Waals surface area contributed by atoms with E-state index in [2.05, 4.69) is 22.2 Å². The predicted molar refractivity (Wildman–Crippen MR) is 93.6 cm³/mol. The van der Waals surface area contributed by atoms with Gasteiger partial charge in [0.05, 0.1) is 23.5 Å². The van der Waals surface area contributed by atoms with Crippen molar-refractivity contribution in [3.8, 4) is 5.75 Å². The molecule has 7 heteroatoms. The highest BCUT2D eigenvalue weighted by Gasteiger charge is 2.16. The van der Waals surface area contributed by atoms with Gasteiger partial charge < -0.3 is 10.1 Å². The van der Waals surface area contributed by atoms with Crippen LogP contribution in [0.3, 0.4) is 0 Å². The van der Waals surface area contributed by atoms with Gasteiger partial charge in [0.25, 0.3) is 5.91 Å². The van der Waals surface area contributed by atoms with Gasteiger partial charge in [-0.05, 0) is 25.5 Å². The molecular formula is C16H18ClN3O2S. The third-order valence-corrected chi connectivity index (χ3v) is 4.15. The number of aromatic nitrogens is 2. The fourth-order valence-corrected chi connectivity index (χ4v) is 2.65. The van der Waals surface area contributed by atoms with Crippen molar-refractivity contribution in [2.24, 2.45) is 0 Å². The number of ether oxygens (including phenoxy) is 1. The molecule has 1 aromatic carbocycles. The maximum Gasteiger partial charge on any atom is 0.276 e. The molecule has 0 radical (unpaired) electrons. The van der Waals surface area contributed by atoms with Gasteiger partial charge in [0.15, 0.2) is 10.9 Å². The second-order valence-electron chi connectivity index (χ2n) is 4.58. The molecule has 23 heavy (non-hydrogen) atoms. The minimum atomic E-state index is -0.386. The number of nitrogens with one attached hydrogen (secondary N) is 1. The Morgan fingerprint density at radius 1 is 1.35 bits per heavy atom. The van der Waals surface area contributed by atoms with E-state index in [4.69, 9.17) is 16.3 Å². The first-order valence-electron chi connectivity index (χ1n) is 7.34. The van der Waals surface area contributed by atoms with Crippen LogP contribution in [0.15, 0.2) is 35.6 Å². The number of para-hydroxylation sites is 2. The van der Waals surface area contributed by atoms with Gasteiger partial charge in [-0.3, -0.25) is 4.79 Å². The Morgan fingerprint density at radius 3 is 2.87 bits per heavy atom. The minimum absolute atomic E-state index is 0.159. The zero-order chi connectivity index (χ0) is 16.7. The number of hydrogen-bond acceptors (Lipinski definition) is 5. The van der Waals surface area contributed by atoms with Crippen molar-refractivity contribution < 1.29 is 9.53 Å². The van der Waals surface area contributed by atoms with E-state index in [-0.39, 0.29) is 16.6 Å². The van der Waals surface area contributed by atoms with Gasteiger partial charge in [0, 0.05) is 5.75 Å². The molecular weight excluding hydrogens is 334 g/mol. The first-order chi connectivity index (χ1) is 11.2. The fraction of sp³-hybridized carbons (Fsp3) is 0.312. The predicted octanol–water partition coefficient (Wildman–Crippen LogP) is 4.28. The van der Waals surface area contributed by atoms with Crippen molar-refractivity contribution in [2.45, 2.75) is 25.4 Å². The van der Waals surface area contributed by atoms with Crippen molar-refractivity contribution in [1.29, 1.82) is 0 Å². The third kappa shape index (κ3) is 4.84. The number of hydrogen-bond donors (Lipinski definition) is 1. The summed E-state index contributed by atoms with van der Waals surface area (Å²) in [7, 11) is 0. The summed E-state index contributed by atoms with van der Waals surface area (Å²) in [5.74, 6) is 1.10. The Kier molecular flexibility index (Phi) is 6.67. The molecule has 0 bridgehead atoms. The minimum Gasteiger partial charge on any atom is -0.492 e. The van der Waals surface area contributed by atoms with Gasteiger partial charge in [-0.15, -0.1) is 0 Å². The molecule has 0 aliphatic carbocycles. The standard InChI is InChI=1S/C16H18ClN3O2S/c1-3-9-23-16-18-10-11(17)14(20-16)15(21)19-12-7-5-6-8-13(12)22-4-2/h5-8,10H,3-4,9H2,1-2H3,(H,19,21). The van der Waals surface area contributed by atoms with Crippen LogP contribution >= 0.6 is 23.4 Å². The van der Waals surface area contributed by atoms with E-state index in [9.17, 15) is 4.79 Å². The summed E-state index contributed by atoms with van der Waals surface area (Å²) >= 11 is 7.56. The maximum atomic E-state index is 12.5. The Morgan fingerprint density at radius 2 is 2.13 bits per heavy atom. The Labute approximate surface area is 144 Å². The summed E-state index contributed by atoms with van der Waals surface area (Å²) in [4.78, 5) is 20.8. The van der Waals surface area contributed by atoms with Crippen LogP contribution in [0.25, 0.3) is 0 Å². The normalized spacial score (nSPS) is 10.4. The number of carbonyl (C=O) groups excluding carboxylic acids is 1. The summed E-state index contributed by atoms with van der Waals surface area (Å²) in [6.45, 7) is 4.47. The molecule has 2 aromatic rings. The summed E-state index contributed by atoms with van der Waals surface area (Å²) < 4.78 is 5.50. The topological polar surface area (TPSA) is 64.1 Å². The molecule has 0 fully saturated rings. The van der Waals surface area contributed by atoms with Gasteiger partial charge in [0.1, 0.15) is 5.75 Å². The summed E-state index contributed by atoms with van der Waals surface area (Å²) in [6, 6.07) is 7.23. The van der Waals surface area contributed by atoms with Crippen LogP contribution in [0.1, 0.15) is 30.8 Å². The quantitative estimate of drug-likeness (QED) is 0.595. The lowest BCUT2D eigenvalue weighted by molar-refractivity contribution is 0.102. The van der Waals surface area contributed by atoms with E-state index >= 15 is 0 Å². The Bertz CT molecular complexity index is 682. The molecule has 1 N–H and O–H groups in total. The maximum absolute atomic E-state index is 12.5. The van der Waals surface area contributed by atoms with E-state index in [1.807, 2.05) is 19.1 Å². The number of benzene rings is 1. The van der Waals surface area contributed by atoms with Gasteiger partial charge in [-0.2, -0.15) is 0 Å². The number of amides is 1. The second-order valence-corrected chi connectivity index (χ2v) is 6.05. The smallest absolute Gasteiger partial charge is 0.276 e. The van der Waals surface area contributed by atoms with Crippen LogP contribution in [-0.2, 0) is 0 Å². The molecule has 122 valence electrons. The molecule has 1 heterocycles. The number of halogens is 1. The largest absolute Gasteiger partial charge is 0.492 e. The van der Waals surface area contributed by atoms with Crippen molar-refractivity contribution in [3.05, 3.63) is 41.2 Å². The molecule has 0 saturated heterocycles. The van der Waals surface area contributed by atoms with Crippen molar-refractivity contribution in [2.75, 3.05) is 17.7 Å². The Hall–Kier alpha value is -1.79. The molecule has 0 aliphatic heterocycles. The van der Waals surface area contributed by atoms with Crippen molar-refractivity contribution in [3.63, 3.8) is 0 Å². The van der Waals surface area contributed by atoms with E-state index in [0.717, 1.165) is 12.2 Å². The lowest BCUT2D eigenvalue weighted by Crippen LogP contribution is -2.16. The number of thioether (sulfide) groups is 1. The van der Waals surface area contributed by atoms with Gasteiger partial charge in [-0.25, -0.2) is 9.97 Å². The molecule has 1 amide bonds. The van der Waals surface area contributed by atoms with E-state index in [0.29, 0.717) is 23.2 Å². The van der Waals surface area contributed by atoms with Crippen LogP contribution < -0.4 is 10.1 Å². The molecule has 1 aromatic heterocycles. The first kappa shape index (κ1) is 17.6. The van der Waals surface area contributed by atoms with E-state index in [1.54, 1.807) is 12.1 Å². The molecule has 0 saturated carbocycles. The van der Waals surface area contributed by atoms with Crippen LogP contribution in [0, 0.1) is 0 Å². The van der Waals surface area contributed by atoms with E-state index in [1.165, 1.54) is 18.0 Å². The van der Waals surface area contributed by atoms with Crippen LogP contribution in [0.4, 0.5) is 5.69 Å².